The molecule has 0 unspecified atom stereocenters. The van der Waals surface area contributed by atoms with Crippen molar-refractivity contribution in [3.05, 3.63) is 63.1 Å². The number of hydrogen-bond acceptors (Lipinski definition) is 2. The molecular weight excluding hydrogens is 319 g/mol. The van der Waals surface area contributed by atoms with Gasteiger partial charge >= 0.3 is 0 Å². The van der Waals surface area contributed by atoms with Crippen molar-refractivity contribution >= 4 is 23.2 Å². The van der Waals surface area contributed by atoms with Crippen LogP contribution in [0.5, 0.6) is 5.75 Å². The van der Waals surface area contributed by atoms with Gasteiger partial charge in [0.05, 0.1) is 0 Å². The highest BCUT2D eigenvalue weighted by Crippen LogP contribution is 2.28. The summed E-state index contributed by atoms with van der Waals surface area (Å²) in [5.74, 6) is -1.96. The molecule has 0 amide bonds. The summed E-state index contributed by atoms with van der Waals surface area (Å²) in [5, 5.41) is 3.59. The molecule has 2 aromatic rings. The second-order valence-electron chi connectivity index (χ2n) is 4.41. The first kappa shape index (κ1) is 16.0. The van der Waals surface area contributed by atoms with Crippen molar-refractivity contribution < 1.29 is 13.5 Å². The van der Waals surface area contributed by atoms with E-state index in [0.717, 1.165) is 0 Å². The van der Waals surface area contributed by atoms with Gasteiger partial charge in [-0.15, -0.1) is 0 Å². The van der Waals surface area contributed by atoms with E-state index in [1.54, 1.807) is 25.2 Å². The lowest BCUT2D eigenvalue weighted by Crippen LogP contribution is -2.07. The molecule has 0 fully saturated rings. The van der Waals surface area contributed by atoms with Crippen molar-refractivity contribution in [1.82, 2.24) is 5.32 Å². The second-order valence-corrected chi connectivity index (χ2v) is 5.22. The molecule has 0 aromatic heterocycles. The summed E-state index contributed by atoms with van der Waals surface area (Å²) in [7, 11) is 1.69. The Labute approximate surface area is 131 Å². The van der Waals surface area contributed by atoms with Crippen LogP contribution in [0.15, 0.2) is 30.3 Å². The Balaban J connectivity index is 2.21. The molecule has 0 bridgehead atoms. The third-order valence-electron chi connectivity index (χ3n) is 2.86. The van der Waals surface area contributed by atoms with Gasteiger partial charge in [-0.25, -0.2) is 8.78 Å². The Kier molecular flexibility index (Phi) is 5.39. The molecule has 0 aliphatic carbocycles. The summed E-state index contributed by atoms with van der Waals surface area (Å²) < 4.78 is 33.0. The maximum absolute atomic E-state index is 13.9. The average molecular weight is 332 g/mol. The second kappa shape index (κ2) is 7.07. The molecule has 2 aromatic carbocycles. The topological polar surface area (TPSA) is 21.3 Å². The summed E-state index contributed by atoms with van der Waals surface area (Å²) >= 11 is 12.0. The first-order valence-electron chi connectivity index (χ1n) is 6.21. The highest BCUT2D eigenvalue weighted by atomic mass is 35.5. The summed E-state index contributed by atoms with van der Waals surface area (Å²) in [5.41, 5.74) is 0.981. The molecule has 0 heterocycles. The molecule has 0 atom stereocenters. The Bertz CT molecular complexity index is 606. The van der Waals surface area contributed by atoms with Crippen molar-refractivity contribution in [3.63, 3.8) is 0 Å². The van der Waals surface area contributed by atoms with Gasteiger partial charge in [0.25, 0.3) is 0 Å². The predicted octanol–water partition coefficient (Wildman–Crippen LogP) is 4.57. The lowest BCUT2D eigenvalue weighted by Gasteiger charge is -2.12. The van der Waals surface area contributed by atoms with E-state index in [0.29, 0.717) is 27.7 Å². The SMILES string of the molecule is CNCc1cc(F)c(OCc2c(Cl)cccc2Cl)c(F)c1. The van der Waals surface area contributed by atoms with E-state index >= 15 is 0 Å². The number of nitrogens with one attached hydrogen (secondary N) is 1. The van der Waals surface area contributed by atoms with Crippen LogP contribution in [0, 0.1) is 11.6 Å². The summed E-state index contributed by atoms with van der Waals surface area (Å²) in [6, 6.07) is 7.40. The molecule has 0 saturated heterocycles. The molecular formula is C15H13Cl2F2NO. The van der Waals surface area contributed by atoms with Crippen LogP contribution in [0.2, 0.25) is 10.0 Å². The number of ether oxygens (including phenoxy) is 1. The van der Waals surface area contributed by atoms with Crippen LogP contribution in [0.1, 0.15) is 11.1 Å². The molecule has 0 aliphatic heterocycles. The van der Waals surface area contributed by atoms with Gasteiger partial charge in [0.15, 0.2) is 17.4 Å². The first-order valence-corrected chi connectivity index (χ1v) is 6.96. The van der Waals surface area contributed by atoms with Gasteiger partial charge in [-0.05, 0) is 36.9 Å². The van der Waals surface area contributed by atoms with Crippen molar-refractivity contribution in [2.75, 3.05) is 7.05 Å². The zero-order valence-corrected chi connectivity index (χ0v) is 12.7. The van der Waals surface area contributed by atoms with Gasteiger partial charge < -0.3 is 10.1 Å². The Morgan fingerprint density at radius 3 is 2.19 bits per heavy atom. The van der Waals surface area contributed by atoms with Crippen molar-refractivity contribution in [2.24, 2.45) is 0 Å². The highest BCUT2D eigenvalue weighted by molar-refractivity contribution is 6.35. The fraction of sp³-hybridized carbons (Fsp3) is 0.200. The summed E-state index contributed by atoms with van der Waals surface area (Å²) in [4.78, 5) is 0. The van der Waals surface area contributed by atoms with E-state index in [2.05, 4.69) is 5.32 Å². The van der Waals surface area contributed by atoms with E-state index in [9.17, 15) is 8.78 Å². The first-order chi connectivity index (χ1) is 10.0. The molecule has 0 saturated carbocycles. The van der Waals surface area contributed by atoms with E-state index in [-0.39, 0.29) is 6.61 Å². The predicted molar refractivity (Wildman–Crippen MR) is 79.9 cm³/mol. The van der Waals surface area contributed by atoms with Gasteiger partial charge in [0.1, 0.15) is 6.61 Å². The minimum Gasteiger partial charge on any atom is -0.483 e. The van der Waals surface area contributed by atoms with Crippen molar-refractivity contribution in [1.29, 1.82) is 0 Å². The van der Waals surface area contributed by atoms with Gasteiger partial charge in [0, 0.05) is 22.2 Å². The molecule has 0 radical (unpaired) electrons. The van der Waals surface area contributed by atoms with Crippen LogP contribution in [-0.4, -0.2) is 7.05 Å². The van der Waals surface area contributed by atoms with Crippen LogP contribution < -0.4 is 10.1 Å². The Morgan fingerprint density at radius 1 is 1.10 bits per heavy atom. The van der Waals surface area contributed by atoms with E-state index < -0.39 is 17.4 Å². The Morgan fingerprint density at radius 2 is 1.67 bits per heavy atom. The fourth-order valence-corrected chi connectivity index (χ4v) is 2.38. The maximum atomic E-state index is 13.9. The maximum Gasteiger partial charge on any atom is 0.191 e. The van der Waals surface area contributed by atoms with Crippen LogP contribution in [0.4, 0.5) is 8.78 Å². The van der Waals surface area contributed by atoms with Gasteiger partial charge in [0.2, 0.25) is 0 Å². The normalized spacial score (nSPS) is 10.7. The van der Waals surface area contributed by atoms with Crippen molar-refractivity contribution in [3.8, 4) is 5.75 Å². The third-order valence-corrected chi connectivity index (χ3v) is 3.57. The lowest BCUT2D eigenvalue weighted by molar-refractivity contribution is 0.274. The fourth-order valence-electron chi connectivity index (χ4n) is 1.87. The third kappa shape index (κ3) is 3.84. The standard InChI is InChI=1S/C15H13Cl2F2NO/c1-20-7-9-5-13(18)15(14(19)6-9)21-8-10-11(16)3-2-4-12(10)17/h2-6,20H,7-8H2,1H3. The van der Waals surface area contributed by atoms with Crippen molar-refractivity contribution in [2.45, 2.75) is 13.2 Å². The zero-order chi connectivity index (χ0) is 15.4. The average Bonchev–Trinajstić information content (AvgIpc) is 2.41. The molecule has 21 heavy (non-hydrogen) atoms. The zero-order valence-electron chi connectivity index (χ0n) is 11.2. The summed E-state index contributed by atoms with van der Waals surface area (Å²) in [6.07, 6.45) is 0. The molecule has 1 N–H and O–H groups in total. The largest absolute Gasteiger partial charge is 0.483 e. The molecule has 0 aliphatic rings. The molecule has 112 valence electrons. The van der Waals surface area contributed by atoms with Gasteiger partial charge in [-0.2, -0.15) is 0 Å². The van der Waals surface area contributed by atoms with Crippen LogP contribution in [-0.2, 0) is 13.2 Å². The Hall–Kier alpha value is -1.36. The van der Waals surface area contributed by atoms with Crippen LogP contribution in [0.25, 0.3) is 0 Å². The van der Waals surface area contributed by atoms with E-state index in [1.807, 2.05) is 0 Å². The monoisotopic (exact) mass is 331 g/mol. The minimum atomic E-state index is -0.761. The minimum absolute atomic E-state index is 0.113. The van der Waals surface area contributed by atoms with Crippen LogP contribution >= 0.6 is 23.2 Å². The number of rotatable bonds is 5. The van der Waals surface area contributed by atoms with E-state index in [1.165, 1.54) is 12.1 Å². The highest BCUT2D eigenvalue weighted by Gasteiger charge is 2.14. The van der Waals surface area contributed by atoms with Crippen LogP contribution in [0.3, 0.4) is 0 Å². The summed E-state index contributed by atoms with van der Waals surface area (Å²) in [6.45, 7) is 0.252. The molecule has 2 rings (SSSR count). The molecule has 2 nitrogen and oxygen atoms in total. The quantitative estimate of drug-likeness (QED) is 0.866. The number of halogens is 4. The lowest BCUT2D eigenvalue weighted by atomic mass is 10.2. The van der Waals surface area contributed by atoms with Gasteiger partial charge in [-0.3, -0.25) is 0 Å². The van der Waals surface area contributed by atoms with E-state index in [4.69, 9.17) is 27.9 Å². The van der Waals surface area contributed by atoms with Gasteiger partial charge in [-0.1, -0.05) is 29.3 Å². The number of hydrogen-bond donors (Lipinski definition) is 1. The molecule has 6 heteroatoms. The molecule has 0 spiro atoms. The number of benzene rings is 2. The smallest absolute Gasteiger partial charge is 0.191 e.